The van der Waals surface area contributed by atoms with Gasteiger partial charge in [-0.3, -0.25) is 0 Å². The highest BCUT2D eigenvalue weighted by Crippen LogP contribution is 2.27. The Bertz CT molecular complexity index is 934. The molecule has 27 heavy (non-hydrogen) atoms. The van der Waals surface area contributed by atoms with Crippen LogP contribution < -0.4 is 15.4 Å². The van der Waals surface area contributed by atoms with Crippen LogP contribution in [-0.4, -0.2) is 42.2 Å². The van der Waals surface area contributed by atoms with Crippen LogP contribution in [-0.2, 0) is 10.0 Å². The van der Waals surface area contributed by atoms with E-state index < -0.39 is 10.0 Å². The van der Waals surface area contributed by atoms with E-state index in [9.17, 15) is 13.5 Å². The molecule has 10 heteroatoms. The zero-order valence-electron chi connectivity index (χ0n) is 15.0. The fourth-order valence-corrected chi connectivity index (χ4v) is 4.27. The van der Waals surface area contributed by atoms with Gasteiger partial charge in [-0.05, 0) is 60.3 Å². The number of aryl methyl sites for hydroxylation is 1. The molecule has 1 heterocycles. The Balaban J connectivity index is 1.83. The standard InChI is InChI=1S/C17H22BrN5O3S/c1-10-3-4-13(7-15(10)27(25,26)23-12-5-6-12)21-17-19-8-14(18)16(22-17)20-11(2)9-24/h3-4,7-8,11-12,23-24H,5-6,9H2,1-2H3,(H2,19,20,21,22)/t11-/m1/s1. The first-order valence-corrected chi connectivity index (χ1v) is 10.9. The maximum atomic E-state index is 12.6. The van der Waals surface area contributed by atoms with Crippen LogP contribution in [0, 0.1) is 6.92 Å². The van der Waals surface area contributed by atoms with Gasteiger partial charge in [0.05, 0.1) is 16.0 Å². The van der Waals surface area contributed by atoms with E-state index in [0.717, 1.165) is 12.8 Å². The maximum absolute atomic E-state index is 12.6. The number of aromatic nitrogens is 2. The summed E-state index contributed by atoms with van der Waals surface area (Å²) in [6, 6.07) is 4.97. The lowest BCUT2D eigenvalue weighted by atomic mass is 10.2. The van der Waals surface area contributed by atoms with E-state index in [2.05, 4.69) is 41.3 Å². The highest BCUT2D eigenvalue weighted by atomic mass is 79.9. The molecule has 1 aliphatic rings. The Morgan fingerprint density at radius 2 is 2.11 bits per heavy atom. The summed E-state index contributed by atoms with van der Waals surface area (Å²) in [5.74, 6) is 0.845. The van der Waals surface area contributed by atoms with Crippen LogP contribution in [0.1, 0.15) is 25.3 Å². The second kappa shape index (κ2) is 8.09. The Hall–Kier alpha value is -1.75. The zero-order chi connectivity index (χ0) is 19.6. The third kappa shape index (κ3) is 5.16. The van der Waals surface area contributed by atoms with Crippen molar-refractivity contribution in [2.24, 2.45) is 0 Å². The molecular formula is C17H22BrN5O3S. The number of aliphatic hydroxyl groups excluding tert-OH is 1. The average Bonchev–Trinajstić information content (AvgIpc) is 3.42. The Kier molecular flexibility index (Phi) is 5.99. The number of sulfonamides is 1. The van der Waals surface area contributed by atoms with Crippen molar-refractivity contribution in [1.29, 1.82) is 0 Å². The molecule has 0 bridgehead atoms. The molecule has 0 unspecified atom stereocenters. The first-order valence-electron chi connectivity index (χ1n) is 8.58. The predicted molar refractivity (Wildman–Crippen MR) is 108 cm³/mol. The monoisotopic (exact) mass is 455 g/mol. The number of benzene rings is 1. The number of rotatable bonds is 8. The summed E-state index contributed by atoms with van der Waals surface area (Å²) in [6.45, 7) is 3.55. The van der Waals surface area contributed by atoms with Crippen LogP contribution >= 0.6 is 15.9 Å². The van der Waals surface area contributed by atoms with Crippen LogP contribution in [0.15, 0.2) is 33.8 Å². The molecule has 1 atom stereocenters. The number of nitrogens with one attached hydrogen (secondary N) is 3. The van der Waals surface area contributed by atoms with E-state index in [-0.39, 0.29) is 23.6 Å². The lowest BCUT2D eigenvalue weighted by molar-refractivity contribution is 0.281. The van der Waals surface area contributed by atoms with E-state index >= 15 is 0 Å². The summed E-state index contributed by atoms with van der Waals surface area (Å²) >= 11 is 3.37. The molecule has 0 aliphatic heterocycles. The molecule has 1 aromatic carbocycles. The van der Waals surface area contributed by atoms with E-state index in [0.29, 0.717) is 27.5 Å². The first kappa shape index (κ1) is 20.0. The highest BCUT2D eigenvalue weighted by molar-refractivity contribution is 9.10. The molecule has 1 fully saturated rings. The molecule has 0 spiro atoms. The van der Waals surface area contributed by atoms with Crippen LogP contribution in [0.3, 0.4) is 0 Å². The van der Waals surface area contributed by atoms with Gasteiger partial charge in [-0.1, -0.05) is 6.07 Å². The number of hydrogen-bond donors (Lipinski definition) is 4. The van der Waals surface area contributed by atoms with Crippen molar-refractivity contribution in [2.45, 2.75) is 43.7 Å². The molecule has 1 saturated carbocycles. The van der Waals surface area contributed by atoms with Crippen molar-refractivity contribution < 1.29 is 13.5 Å². The smallest absolute Gasteiger partial charge is 0.241 e. The van der Waals surface area contributed by atoms with Gasteiger partial charge in [-0.2, -0.15) is 4.98 Å². The van der Waals surface area contributed by atoms with E-state index in [1.807, 2.05) is 6.92 Å². The van der Waals surface area contributed by atoms with Crippen molar-refractivity contribution in [3.8, 4) is 0 Å². The highest BCUT2D eigenvalue weighted by Gasteiger charge is 2.29. The molecule has 3 rings (SSSR count). The van der Waals surface area contributed by atoms with Crippen molar-refractivity contribution in [3.63, 3.8) is 0 Å². The van der Waals surface area contributed by atoms with Crippen LogP contribution in [0.4, 0.5) is 17.5 Å². The normalized spacial score (nSPS) is 15.4. The van der Waals surface area contributed by atoms with Crippen LogP contribution in [0.5, 0.6) is 0 Å². The van der Waals surface area contributed by atoms with Gasteiger partial charge in [-0.15, -0.1) is 0 Å². The Morgan fingerprint density at radius 3 is 2.78 bits per heavy atom. The van der Waals surface area contributed by atoms with Gasteiger partial charge in [0, 0.05) is 24.0 Å². The summed E-state index contributed by atoms with van der Waals surface area (Å²) in [5.41, 5.74) is 1.24. The van der Waals surface area contributed by atoms with Crippen LogP contribution in [0.2, 0.25) is 0 Å². The summed E-state index contributed by atoms with van der Waals surface area (Å²) < 4.78 is 28.5. The van der Waals surface area contributed by atoms with Gasteiger partial charge in [0.2, 0.25) is 16.0 Å². The zero-order valence-corrected chi connectivity index (χ0v) is 17.4. The van der Waals surface area contributed by atoms with Crippen molar-refractivity contribution in [1.82, 2.24) is 14.7 Å². The van der Waals surface area contributed by atoms with Crippen LogP contribution in [0.25, 0.3) is 0 Å². The van der Waals surface area contributed by atoms with E-state index in [1.54, 1.807) is 31.3 Å². The van der Waals surface area contributed by atoms with E-state index in [4.69, 9.17) is 0 Å². The first-order chi connectivity index (χ1) is 12.8. The fourth-order valence-electron chi connectivity index (χ4n) is 2.39. The average molecular weight is 456 g/mol. The largest absolute Gasteiger partial charge is 0.394 e. The lowest BCUT2D eigenvalue weighted by Gasteiger charge is -2.15. The summed E-state index contributed by atoms with van der Waals surface area (Å²) in [4.78, 5) is 8.81. The SMILES string of the molecule is Cc1ccc(Nc2ncc(Br)c(N[C@H](C)CO)n2)cc1S(=O)(=O)NC1CC1. The van der Waals surface area contributed by atoms with Crippen molar-refractivity contribution >= 4 is 43.4 Å². The predicted octanol–water partition coefficient (Wildman–Crippen LogP) is 2.52. The van der Waals surface area contributed by atoms with Gasteiger partial charge in [0.25, 0.3) is 0 Å². The fraction of sp³-hybridized carbons (Fsp3) is 0.412. The topological polar surface area (TPSA) is 116 Å². The third-order valence-electron chi connectivity index (χ3n) is 4.03. The number of anilines is 3. The minimum atomic E-state index is -3.56. The molecule has 2 aromatic rings. The quantitative estimate of drug-likeness (QED) is 0.483. The Labute approximate surface area is 167 Å². The molecule has 0 radical (unpaired) electrons. The molecule has 4 N–H and O–H groups in total. The summed E-state index contributed by atoms with van der Waals surface area (Å²) in [7, 11) is -3.56. The van der Waals surface area contributed by atoms with Gasteiger partial charge in [-0.25, -0.2) is 18.1 Å². The van der Waals surface area contributed by atoms with Gasteiger partial charge < -0.3 is 15.7 Å². The van der Waals surface area contributed by atoms with E-state index in [1.165, 1.54) is 0 Å². The number of halogens is 1. The maximum Gasteiger partial charge on any atom is 0.241 e. The second-order valence-electron chi connectivity index (χ2n) is 6.62. The minimum Gasteiger partial charge on any atom is -0.394 e. The second-order valence-corrected chi connectivity index (χ2v) is 9.16. The minimum absolute atomic E-state index is 0.0353. The van der Waals surface area contributed by atoms with Gasteiger partial charge in [0.15, 0.2) is 0 Å². The molecule has 8 nitrogen and oxygen atoms in total. The lowest BCUT2D eigenvalue weighted by Crippen LogP contribution is -2.26. The van der Waals surface area contributed by atoms with Gasteiger partial charge >= 0.3 is 0 Å². The number of aliphatic hydroxyl groups is 1. The summed E-state index contributed by atoms with van der Waals surface area (Å²) in [6.07, 6.45) is 3.35. The van der Waals surface area contributed by atoms with Crippen molar-refractivity contribution in [3.05, 3.63) is 34.4 Å². The molecule has 0 saturated heterocycles. The number of nitrogens with zero attached hydrogens (tertiary/aromatic N) is 2. The third-order valence-corrected chi connectivity index (χ3v) is 6.28. The molecule has 146 valence electrons. The molecule has 1 aliphatic carbocycles. The summed E-state index contributed by atoms with van der Waals surface area (Å²) in [5, 5.41) is 15.3. The number of hydrogen-bond acceptors (Lipinski definition) is 7. The molecule has 1 aromatic heterocycles. The Morgan fingerprint density at radius 1 is 1.37 bits per heavy atom. The molecular weight excluding hydrogens is 434 g/mol. The van der Waals surface area contributed by atoms with Crippen molar-refractivity contribution in [2.75, 3.05) is 17.2 Å². The molecule has 0 amide bonds. The van der Waals surface area contributed by atoms with Gasteiger partial charge in [0.1, 0.15) is 5.82 Å².